The molecule has 0 saturated carbocycles. The quantitative estimate of drug-likeness (QED) is 0.758. The lowest BCUT2D eigenvalue weighted by Gasteiger charge is -2.07. The van der Waals surface area contributed by atoms with Gasteiger partial charge in [0.05, 0.1) is 17.4 Å². The van der Waals surface area contributed by atoms with Gasteiger partial charge in [0.2, 0.25) is 5.91 Å². The Hall–Kier alpha value is -1.62. The number of anilines is 1. The van der Waals surface area contributed by atoms with Crippen molar-refractivity contribution in [3.05, 3.63) is 24.0 Å². The van der Waals surface area contributed by atoms with E-state index in [1.54, 1.807) is 0 Å². The van der Waals surface area contributed by atoms with Crippen LogP contribution < -0.4 is 11.1 Å². The summed E-state index contributed by atoms with van der Waals surface area (Å²) < 4.78 is 0. The van der Waals surface area contributed by atoms with E-state index in [1.807, 2.05) is 0 Å². The highest BCUT2D eigenvalue weighted by Crippen LogP contribution is 2.13. The number of nitrogens with zero attached hydrogens (tertiary/aromatic N) is 1. The van der Waals surface area contributed by atoms with E-state index in [0.717, 1.165) is 0 Å². The first-order chi connectivity index (χ1) is 7.65. The van der Waals surface area contributed by atoms with Crippen molar-refractivity contribution < 1.29 is 9.59 Å². The molecule has 2 amide bonds. The Morgan fingerprint density at radius 2 is 2.25 bits per heavy atom. The van der Waals surface area contributed by atoms with Crippen LogP contribution in [0.1, 0.15) is 23.2 Å². The van der Waals surface area contributed by atoms with E-state index in [-0.39, 0.29) is 11.5 Å². The third kappa shape index (κ3) is 3.51. The van der Waals surface area contributed by atoms with Crippen LogP contribution in [-0.2, 0) is 4.79 Å². The maximum atomic E-state index is 11.4. The number of carbonyl (C=O) groups excluding carboxylic acids is 2. The molecule has 0 aliphatic heterocycles. The Bertz CT molecular complexity index is 395. The fourth-order valence-electron chi connectivity index (χ4n) is 1.15. The zero-order valence-electron chi connectivity index (χ0n) is 8.57. The first-order valence-electron chi connectivity index (χ1n) is 4.74. The van der Waals surface area contributed by atoms with Gasteiger partial charge >= 0.3 is 0 Å². The fraction of sp³-hybridized carbons (Fsp3) is 0.300. The molecule has 0 aliphatic carbocycles. The highest BCUT2D eigenvalue weighted by molar-refractivity contribution is 6.18. The first kappa shape index (κ1) is 12.4. The van der Waals surface area contributed by atoms with Gasteiger partial charge in [-0.05, 0) is 12.5 Å². The van der Waals surface area contributed by atoms with Crippen molar-refractivity contribution in [1.82, 2.24) is 4.98 Å². The van der Waals surface area contributed by atoms with E-state index in [1.165, 1.54) is 18.5 Å². The molecule has 0 radical (unpaired) electrons. The van der Waals surface area contributed by atoms with Crippen molar-refractivity contribution >= 4 is 29.1 Å². The number of nitrogens with one attached hydrogen (secondary N) is 1. The number of rotatable bonds is 5. The van der Waals surface area contributed by atoms with Gasteiger partial charge in [-0.2, -0.15) is 0 Å². The fourth-order valence-corrected chi connectivity index (χ4v) is 1.28. The molecular formula is C10H12ClN3O2. The third-order valence-electron chi connectivity index (χ3n) is 1.90. The van der Waals surface area contributed by atoms with Crippen molar-refractivity contribution in [1.29, 1.82) is 0 Å². The zero-order chi connectivity index (χ0) is 12.0. The summed E-state index contributed by atoms with van der Waals surface area (Å²) in [4.78, 5) is 26.2. The monoisotopic (exact) mass is 241 g/mol. The largest absolute Gasteiger partial charge is 0.366 e. The van der Waals surface area contributed by atoms with E-state index in [9.17, 15) is 9.59 Å². The molecule has 0 spiro atoms. The number of hydrogen-bond donors (Lipinski definition) is 2. The molecule has 86 valence electrons. The van der Waals surface area contributed by atoms with Crippen molar-refractivity contribution in [3.8, 4) is 0 Å². The SMILES string of the molecule is NC(=O)c1ccncc1NC(=O)CCCCl. The summed E-state index contributed by atoms with van der Waals surface area (Å²) in [6, 6.07) is 1.46. The molecule has 0 atom stereocenters. The summed E-state index contributed by atoms with van der Waals surface area (Å²) in [6.45, 7) is 0. The average Bonchev–Trinajstić information content (AvgIpc) is 2.27. The molecule has 0 bridgehead atoms. The van der Waals surface area contributed by atoms with Crippen LogP contribution in [0.25, 0.3) is 0 Å². The van der Waals surface area contributed by atoms with Gasteiger partial charge in [0.1, 0.15) is 0 Å². The summed E-state index contributed by atoms with van der Waals surface area (Å²) in [6.07, 6.45) is 3.71. The Kier molecular flexibility index (Phi) is 4.72. The van der Waals surface area contributed by atoms with Crippen molar-refractivity contribution in [2.75, 3.05) is 11.2 Å². The Morgan fingerprint density at radius 1 is 1.50 bits per heavy atom. The zero-order valence-corrected chi connectivity index (χ0v) is 9.33. The van der Waals surface area contributed by atoms with Crippen molar-refractivity contribution in [2.24, 2.45) is 5.73 Å². The minimum Gasteiger partial charge on any atom is -0.366 e. The average molecular weight is 242 g/mol. The van der Waals surface area contributed by atoms with Gasteiger partial charge in [0.25, 0.3) is 5.91 Å². The van der Waals surface area contributed by atoms with Gasteiger partial charge < -0.3 is 11.1 Å². The van der Waals surface area contributed by atoms with E-state index in [2.05, 4.69) is 10.3 Å². The second-order valence-electron chi connectivity index (χ2n) is 3.13. The number of hydrogen-bond acceptors (Lipinski definition) is 3. The van der Waals surface area contributed by atoms with Crippen LogP contribution in [0.4, 0.5) is 5.69 Å². The third-order valence-corrected chi connectivity index (χ3v) is 2.17. The molecule has 3 N–H and O–H groups in total. The predicted octanol–water partition coefficient (Wildman–Crippen LogP) is 1.14. The van der Waals surface area contributed by atoms with E-state index < -0.39 is 5.91 Å². The summed E-state index contributed by atoms with van der Waals surface area (Å²) in [7, 11) is 0. The number of halogens is 1. The van der Waals surface area contributed by atoms with Crippen LogP contribution in [-0.4, -0.2) is 22.7 Å². The smallest absolute Gasteiger partial charge is 0.250 e. The number of nitrogens with two attached hydrogens (primary N) is 1. The maximum absolute atomic E-state index is 11.4. The van der Waals surface area contributed by atoms with Crippen LogP contribution in [0.3, 0.4) is 0 Å². The summed E-state index contributed by atoms with van der Waals surface area (Å²) in [5, 5.41) is 2.57. The van der Waals surface area contributed by atoms with Crippen LogP contribution in [0.15, 0.2) is 18.5 Å². The highest BCUT2D eigenvalue weighted by atomic mass is 35.5. The molecule has 1 aromatic heterocycles. The number of amides is 2. The Balaban J connectivity index is 2.73. The summed E-state index contributed by atoms with van der Waals surface area (Å²) >= 11 is 5.46. The first-order valence-corrected chi connectivity index (χ1v) is 5.28. The molecule has 1 aromatic rings. The molecule has 1 rings (SSSR count). The van der Waals surface area contributed by atoms with Crippen LogP contribution in [0.2, 0.25) is 0 Å². The lowest BCUT2D eigenvalue weighted by molar-refractivity contribution is -0.116. The molecule has 0 aliphatic rings. The van der Waals surface area contributed by atoms with Crippen molar-refractivity contribution in [2.45, 2.75) is 12.8 Å². The standard InChI is InChI=1S/C10H12ClN3O2/c11-4-1-2-9(15)14-8-6-13-5-3-7(8)10(12)16/h3,5-6H,1-2,4H2,(H2,12,16)(H,14,15). The molecule has 0 aromatic carbocycles. The van der Waals surface area contributed by atoms with Crippen LogP contribution in [0.5, 0.6) is 0 Å². The number of carbonyl (C=O) groups is 2. The lowest BCUT2D eigenvalue weighted by Crippen LogP contribution is -2.18. The minimum absolute atomic E-state index is 0.212. The normalized spacial score (nSPS) is 9.81. The molecule has 0 unspecified atom stereocenters. The highest BCUT2D eigenvalue weighted by Gasteiger charge is 2.10. The van der Waals surface area contributed by atoms with Gasteiger partial charge in [-0.3, -0.25) is 14.6 Å². The molecule has 6 heteroatoms. The molecule has 1 heterocycles. The van der Waals surface area contributed by atoms with E-state index >= 15 is 0 Å². The van der Waals surface area contributed by atoms with Gasteiger partial charge in [0.15, 0.2) is 0 Å². The lowest BCUT2D eigenvalue weighted by atomic mass is 10.2. The van der Waals surface area contributed by atoms with Crippen LogP contribution >= 0.6 is 11.6 Å². The van der Waals surface area contributed by atoms with E-state index in [4.69, 9.17) is 17.3 Å². The topological polar surface area (TPSA) is 85.1 Å². The maximum Gasteiger partial charge on any atom is 0.250 e. The number of alkyl halides is 1. The predicted molar refractivity (Wildman–Crippen MR) is 61.3 cm³/mol. The summed E-state index contributed by atoms with van der Waals surface area (Å²) in [5.41, 5.74) is 5.72. The van der Waals surface area contributed by atoms with Gasteiger partial charge in [-0.25, -0.2) is 0 Å². The number of aromatic nitrogens is 1. The molecular weight excluding hydrogens is 230 g/mol. The number of pyridine rings is 1. The summed E-state index contributed by atoms with van der Waals surface area (Å²) in [5.74, 6) is -0.394. The molecule has 5 nitrogen and oxygen atoms in total. The van der Waals surface area contributed by atoms with Crippen molar-refractivity contribution in [3.63, 3.8) is 0 Å². The molecule has 0 saturated heterocycles. The van der Waals surface area contributed by atoms with Gasteiger partial charge in [-0.1, -0.05) is 0 Å². The minimum atomic E-state index is -0.602. The van der Waals surface area contributed by atoms with E-state index in [0.29, 0.717) is 24.4 Å². The Morgan fingerprint density at radius 3 is 2.88 bits per heavy atom. The van der Waals surface area contributed by atoms with Gasteiger partial charge in [-0.15, -0.1) is 11.6 Å². The molecule has 0 fully saturated rings. The second-order valence-corrected chi connectivity index (χ2v) is 3.50. The van der Waals surface area contributed by atoms with Gasteiger partial charge in [0, 0.05) is 18.5 Å². The molecule has 16 heavy (non-hydrogen) atoms. The van der Waals surface area contributed by atoms with Crippen LogP contribution in [0, 0.1) is 0 Å². The number of primary amides is 1. The second kappa shape index (κ2) is 6.07. The Labute approximate surface area is 98.0 Å².